The first-order valence-electron chi connectivity index (χ1n) is 6.67. The van der Waals surface area contributed by atoms with E-state index >= 15 is 0 Å². The zero-order valence-electron chi connectivity index (χ0n) is 12.4. The molecular weight excluding hydrogens is 284 g/mol. The van der Waals surface area contributed by atoms with Crippen molar-refractivity contribution in [2.75, 3.05) is 19.0 Å². The molecule has 0 amide bonds. The number of nitro groups is 1. The molecule has 2 aromatic rings. The topological polar surface area (TPSA) is 72.7 Å². The minimum absolute atomic E-state index is 0.00334. The summed E-state index contributed by atoms with van der Waals surface area (Å²) in [5.41, 5.74) is 1.67. The van der Waals surface area contributed by atoms with Crippen LogP contribution in [0, 0.1) is 10.1 Å². The van der Waals surface area contributed by atoms with Crippen molar-refractivity contribution in [2.24, 2.45) is 0 Å². The van der Waals surface area contributed by atoms with Crippen molar-refractivity contribution in [1.82, 2.24) is 0 Å². The number of esters is 1. The van der Waals surface area contributed by atoms with Crippen LogP contribution in [-0.2, 0) is 11.2 Å². The van der Waals surface area contributed by atoms with E-state index in [0.717, 1.165) is 5.69 Å². The highest BCUT2D eigenvalue weighted by Crippen LogP contribution is 2.18. The Hall–Kier alpha value is -2.89. The molecule has 0 spiro atoms. The molecule has 0 bridgehead atoms. The lowest BCUT2D eigenvalue weighted by Gasteiger charge is -2.12. The second-order valence-corrected chi connectivity index (χ2v) is 4.96. The molecule has 0 atom stereocenters. The lowest BCUT2D eigenvalue weighted by Crippen LogP contribution is -2.12. The Morgan fingerprint density at radius 1 is 1.09 bits per heavy atom. The zero-order valence-corrected chi connectivity index (χ0v) is 12.4. The van der Waals surface area contributed by atoms with Crippen molar-refractivity contribution < 1.29 is 14.5 Å². The average molecular weight is 300 g/mol. The van der Waals surface area contributed by atoms with Gasteiger partial charge >= 0.3 is 5.97 Å². The van der Waals surface area contributed by atoms with E-state index in [0.29, 0.717) is 11.3 Å². The van der Waals surface area contributed by atoms with Gasteiger partial charge in [0.1, 0.15) is 5.75 Å². The Labute approximate surface area is 128 Å². The van der Waals surface area contributed by atoms with Gasteiger partial charge in [-0.05, 0) is 29.8 Å². The summed E-state index contributed by atoms with van der Waals surface area (Å²) in [4.78, 5) is 23.9. The third kappa shape index (κ3) is 4.05. The number of carbonyl (C=O) groups is 1. The number of non-ortho nitro benzene ring substituents is 1. The Kier molecular flexibility index (Phi) is 4.73. The van der Waals surface area contributed by atoms with Crippen LogP contribution in [0.2, 0.25) is 0 Å². The Bertz CT molecular complexity index is 664. The van der Waals surface area contributed by atoms with Crippen LogP contribution in [0.4, 0.5) is 11.4 Å². The van der Waals surface area contributed by atoms with Crippen LogP contribution in [0.1, 0.15) is 5.56 Å². The highest BCUT2D eigenvalue weighted by Gasteiger charge is 2.09. The van der Waals surface area contributed by atoms with E-state index in [4.69, 9.17) is 4.74 Å². The van der Waals surface area contributed by atoms with E-state index in [1.165, 1.54) is 12.1 Å². The summed E-state index contributed by atoms with van der Waals surface area (Å²) < 4.78 is 5.24. The van der Waals surface area contributed by atoms with Gasteiger partial charge in [0.15, 0.2) is 0 Å². The zero-order chi connectivity index (χ0) is 16.1. The van der Waals surface area contributed by atoms with Gasteiger partial charge in [0.05, 0.1) is 11.3 Å². The van der Waals surface area contributed by atoms with Crippen LogP contribution in [-0.4, -0.2) is 25.0 Å². The van der Waals surface area contributed by atoms with Crippen molar-refractivity contribution in [1.29, 1.82) is 0 Å². The first kappa shape index (κ1) is 15.5. The van der Waals surface area contributed by atoms with Crippen molar-refractivity contribution in [3.05, 3.63) is 64.2 Å². The van der Waals surface area contributed by atoms with Gasteiger partial charge in [0.2, 0.25) is 0 Å². The van der Waals surface area contributed by atoms with E-state index in [1.807, 2.05) is 31.1 Å². The van der Waals surface area contributed by atoms with E-state index in [-0.39, 0.29) is 12.1 Å². The Balaban J connectivity index is 1.96. The van der Waals surface area contributed by atoms with Gasteiger partial charge in [0, 0.05) is 31.9 Å². The number of hydrogen-bond donors (Lipinski definition) is 0. The van der Waals surface area contributed by atoms with Crippen molar-refractivity contribution in [3.8, 4) is 5.75 Å². The highest BCUT2D eigenvalue weighted by atomic mass is 16.6. The molecule has 0 heterocycles. The van der Waals surface area contributed by atoms with Gasteiger partial charge in [-0.3, -0.25) is 14.9 Å². The molecule has 2 aromatic carbocycles. The van der Waals surface area contributed by atoms with Crippen LogP contribution < -0.4 is 9.64 Å². The molecule has 6 nitrogen and oxygen atoms in total. The summed E-state index contributed by atoms with van der Waals surface area (Å²) >= 11 is 0. The fourth-order valence-corrected chi connectivity index (χ4v) is 1.88. The number of nitro benzene ring substituents is 1. The molecule has 0 saturated heterocycles. The standard InChI is InChI=1S/C16H16N2O4/c1-17(2)13-7-9-15(10-8-13)22-16(19)11-12-3-5-14(6-4-12)18(20)21/h3-10H,11H2,1-2H3. The first-order chi connectivity index (χ1) is 10.5. The number of carbonyl (C=O) groups excluding carboxylic acids is 1. The summed E-state index contributed by atoms with van der Waals surface area (Å²) in [6, 6.07) is 13.0. The van der Waals surface area contributed by atoms with E-state index in [1.54, 1.807) is 24.3 Å². The van der Waals surface area contributed by atoms with Crippen LogP contribution in [0.3, 0.4) is 0 Å². The van der Waals surface area contributed by atoms with Crippen molar-refractivity contribution >= 4 is 17.3 Å². The number of nitrogens with zero attached hydrogens (tertiary/aromatic N) is 2. The summed E-state index contributed by atoms with van der Waals surface area (Å²) in [5.74, 6) is 0.0592. The quantitative estimate of drug-likeness (QED) is 0.367. The van der Waals surface area contributed by atoms with Gasteiger partial charge in [-0.15, -0.1) is 0 Å². The van der Waals surface area contributed by atoms with E-state index in [2.05, 4.69) is 0 Å². The second kappa shape index (κ2) is 6.71. The van der Waals surface area contributed by atoms with Crippen LogP contribution in [0.5, 0.6) is 5.75 Å². The molecule has 0 unspecified atom stereocenters. The average Bonchev–Trinajstić information content (AvgIpc) is 2.48. The molecule has 114 valence electrons. The van der Waals surface area contributed by atoms with Crippen LogP contribution >= 0.6 is 0 Å². The fourth-order valence-electron chi connectivity index (χ4n) is 1.88. The maximum Gasteiger partial charge on any atom is 0.315 e. The molecule has 0 aliphatic heterocycles. The first-order valence-corrected chi connectivity index (χ1v) is 6.67. The lowest BCUT2D eigenvalue weighted by molar-refractivity contribution is -0.384. The molecule has 0 aliphatic carbocycles. The van der Waals surface area contributed by atoms with Crippen LogP contribution in [0.25, 0.3) is 0 Å². The predicted molar refractivity (Wildman–Crippen MR) is 83.2 cm³/mol. The lowest BCUT2D eigenvalue weighted by atomic mass is 10.1. The molecule has 22 heavy (non-hydrogen) atoms. The number of hydrogen-bond acceptors (Lipinski definition) is 5. The molecule has 0 saturated carbocycles. The largest absolute Gasteiger partial charge is 0.426 e. The summed E-state index contributed by atoms with van der Waals surface area (Å²) in [6.07, 6.45) is 0.0629. The third-order valence-corrected chi connectivity index (χ3v) is 3.08. The molecule has 0 fully saturated rings. The van der Waals surface area contributed by atoms with Gasteiger partial charge < -0.3 is 9.64 Å². The minimum Gasteiger partial charge on any atom is -0.426 e. The fraction of sp³-hybridized carbons (Fsp3) is 0.188. The van der Waals surface area contributed by atoms with Crippen molar-refractivity contribution in [2.45, 2.75) is 6.42 Å². The summed E-state index contributed by atoms with van der Waals surface area (Å²) in [5, 5.41) is 10.6. The molecule has 6 heteroatoms. The van der Waals surface area contributed by atoms with Gasteiger partial charge in [-0.2, -0.15) is 0 Å². The van der Waals surface area contributed by atoms with E-state index in [9.17, 15) is 14.9 Å². The van der Waals surface area contributed by atoms with Gasteiger partial charge in [0.25, 0.3) is 5.69 Å². The maximum absolute atomic E-state index is 11.9. The summed E-state index contributed by atoms with van der Waals surface area (Å²) in [6.45, 7) is 0. The molecule has 0 N–H and O–H groups in total. The number of benzene rings is 2. The monoisotopic (exact) mass is 300 g/mol. The van der Waals surface area contributed by atoms with Gasteiger partial charge in [-0.25, -0.2) is 0 Å². The normalized spacial score (nSPS) is 10.1. The third-order valence-electron chi connectivity index (χ3n) is 3.08. The molecule has 0 aliphatic rings. The Morgan fingerprint density at radius 2 is 1.68 bits per heavy atom. The Morgan fingerprint density at radius 3 is 2.18 bits per heavy atom. The predicted octanol–water partition coefficient (Wildman–Crippen LogP) is 2.81. The number of ether oxygens (including phenoxy) is 1. The van der Waals surface area contributed by atoms with E-state index < -0.39 is 10.9 Å². The maximum atomic E-state index is 11.9. The molecule has 0 aromatic heterocycles. The number of rotatable bonds is 5. The minimum atomic E-state index is -0.478. The summed E-state index contributed by atoms with van der Waals surface area (Å²) in [7, 11) is 3.85. The van der Waals surface area contributed by atoms with Crippen LogP contribution in [0.15, 0.2) is 48.5 Å². The van der Waals surface area contributed by atoms with Gasteiger partial charge in [-0.1, -0.05) is 12.1 Å². The second-order valence-electron chi connectivity index (χ2n) is 4.96. The SMILES string of the molecule is CN(C)c1ccc(OC(=O)Cc2ccc([N+](=O)[O-])cc2)cc1. The molecular formula is C16H16N2O4. The number of anilines is 1. The highest BCUT2D eigenvalue weighted by molar-refractivity contribution is 5.75. The molecule has 2 rings (SSSR count). The smallest absolute Gasteiger partial charge is 0.315 e. The molecule has 0 radical (unpaired) electrons. The van der Waals surface area contributed by atoms with Crippen molar-refractivity contribution in [3.63, 3.8) is 0 Å².